The van der Waals surface area contributed by atoms with Gasteiger partial charge in [0.15, 0.2) is 0 Å². The number of carboxylic acid groups (broad SMARTS) is 1. The van der Waals surface area contributed by atoms with Crippen LogP contribution in [0.2, 0.25) is 0 Å². The van der Waals surface area contributed by atoms with Gasteiger partial charge in [0.2, 0.25) is 0 Å². The van der Waals surface area contributed by atoms with Crippen LogP contribution in [0.3, 0.4) is 0 Å². The quantitative estimate of drug-likeness (QED) is 0.873. The monoisotopic (exact) mass is 294 g/mol. The number of hydrogen-bond acceptors (Lipinski definition) is 3. The maximum Gasteiger partial charge on any atom is 0.307 e. The lowest BCUT2D eigenvalue weighted by Crippen LogP contribution is -2.12. The Labute approximate surface area is 116 Å². The van der Waals surface area contributed by atoms with E-state index in [0.29, 0.717) is 11.3 Å². The molecule has 106 valence electrons. The van der Waals surface area contributed by atoms with Crippen molar-refractivity contribution in [1.82, 2.24) is 4.57 Å². The van der Waals surface area contributed by atoms with Crippen molar-refractivity contribution in [2.24, 2.45) is 7.05 Å². The predicted octanol–water partition coefficient (Wildman–Crippen LogP) is 1.45. The van der Waals surface area contributed by atoms with Gasteiger partial charge in [-0.25, -0.2) is 8.42 Å². The number of aryl methyl sites for hydroxylation is 1. The van der Waals surface area contributed by atoms with Crippen molar-refractivity contribution in [2.75, 3.05) is 4.72 Å². The molecule has 0 radical (unpaired) electrons. The van der Waals surface area contributed by atoms with Crippen molar-refractivity contribution >= 4 is 21.7 Å². The fourth-order valence-electron chi connectivity index (χ4n) is 1.77. The molecule has 7 heteroatoms. The lowest BCUT2D eigenvalue weighted by atomic mass is 10.1. The van der Waals surface area contributed by atoms with Crippen molar-refractivity contribution in [3.63, 3.8) is 0 Å². The van der Waals surface area contributed by atoms with Crippen LogP contribution in [-0.2, 0) is 28.3 Å². The van der Waals surface area contributed by atoms with Gasteiger partial charge in [0.05, 0.1) is 6.42 Å². The van der Waals surface area contributed by atoms with Crippen molar-refractivity contribution in [2.45, 2.75) is 11.3 Å². The Kier molecular flexibility index (Phi) is 3.80. The third-order valence-corrected chi connectivity index (χ3v) is 4.02. The molecule has 2 N–H and O–H groups in total. The third-order valence-electron chi connectivity index (χ3n) is 2.65. The summed E-state index contributed by atoms with van der Waals surface area (Å²) in [6.45, 7) is 0. The van der Waals surface area contributed by atoms with Gasteiger partial charge in [0, 0.05) is 25.1 Å². The van der Waals surface area contributed by atoms with Crippen molar-refractivity contribution < 1.29 is 18.3 Å². The highest BCUT2D eigenvalue weighted by Crippen LogP contribution is 2.17. The van der Waals surface area contributed by atoms with Crippen LogP contribution in [0.15, 0.2) is 47.6 Å². The number of hydrogen-bond donors (Lipinski definition) is 2. The smallest absolute Gasteiger partial charge is 0.307 e. The van der Waals surface area contributed by atoms with Gasteiger partial charge in [-0.1, -0.05) is 12.1 Å². The van der Waals surface area contributed by atoms with Crippen LogP contribution in [0.25, 0.3) is 0 Å². The molecule has 0 spiro atoms. The molecule has 20 heavy (non-hydrogen) atoms. The molecule has 1 aromatic carbocycles. The molecule has 0 aliphatic carbocycles. The van der Waals surface area contributed by atoms with Crippen LogP contribution in [-0.4, -0.2) is 24.1 Å². The minimum atomic E-state index is -3.66. The van der Waals surface area contributed by atoms with E-state index in [-0.39, 0.29) is 11.3 Å². The second-order valence-electron chi connectivity index (χ2n) is 4.39. The number of anilines is 1. The Morgan fingerprint density at radius 2 is 2.10 bits per heavy atom. The largest absolute Gasteiger partial charge is 0.481 e. The molecule has 0 bridgehead atoms. The van der Waals surface area contributed by atoms with E-state index in [4.69, 9.17) is 5.11 Å². The molecular weight excluding hydrogens is 280 g/mol. The zero-order valence-corrected chi connectivity index (χ0v) is 11.6. The third kappa shape index (κ3) is 3.39. The number of nitrogens with one attached hydrogen (secondary N) is 1. The second kappa shape index (κ2) is 5.38. The summed E-state index contributed by atoms with van der Waals surface area (Å²) in [7, 11) is -1.93. The Morgan fingerprint density at radius 1 is 1.35 bits per heavy atom. The fourth-order valence-corrected chi connectivity index (χ4v) is 2.87. The van der Waals surface area contributed by atoms with Gasteiger partial charge in [-0.05, 0) is 23.8 Å². The van der Waals surface area contributed by atoms with E-state index in [1.54, 1.807) is 36.0 Å². The average molecular weight is 294 g/mol. The lowest BCUT2D eigenvalue weighted by Gasteiger charge is -2.07. The molecule has 2 aromatic rings. The normalized spacial score (nSPS) is 11.2. The van der Waals surface area contributed by atoms with E-state index in [9.17, 15) is 13.2 Å². The van der Waals surface area contributed by atoms with Crippen molar-refractivity contribution in [1.29, 1.82) is 0 Å². The van der Waals surface area contributed by atoms with Gasteiger partial charge in [-0.3, -0.25) is 9.52 Å². The van der Waals surface area contributed by atoms with E-state index in [2.05, 4.69) is 4.72 Å². The van der Waals surface area contributed by atoms with Gasteiger partial charge in [-0.15, -0.1) is 0 Å². The van der Waals surface area contributed by atoms with Gasteiger partial charge in [-0.2, -0.15) is 0 Å². The van der Waals surface area contributed by atoms with Crippen LogP contribution < -0.4 is 4.72 Å². The molecule has 0 amide bonds. The van der Waals surface area contributed by atoms with E-state index in [0.717, 1.165) is 0 Å². The highest BCUT2D eigenvalue weighted by Gasteiger charge is 2.15. The Morgan fingerprint density at radius 3 is 2.70 bits per heavy atom. The molecular formula is C13H14N2O4S. The molecule has 6 nitrogen and oxygen atoms in total. The Bertz CT molecular complexity index is 734. The lowest BCUT2D eigenvalue weighted by molar-refractivity contribution is -0.136. The second-order valence-corrected chi connectivity index (χ2v) is 6.07. The van der Waals surface area contributed by atoms with Crippen molar-refractivity contribution in [3.05, 3.63) is 48.3 Å². The first-order chi connectivity index (χ1) is 9.37. The number of sulfonamides is 1. The minimum absolute atomic E-state index is 0.152. The molecule has 2 rings (SSSR count). The van der Waals surface area contributed by atoms with Gasteiger partial charge < -0.3 is 9.67 Å². The molecule has 0 saturated carbocycles. The summed E-state index contributed by atoms with van der Waals surface area (Å²) >= 11 is 0. The first kappa shape index (κ1) is 14.1. The number of rotatable bonds is 5. The number of aliphatic carboxylic acids is 1. The topological polar surface area (TPSA) is 88.4 Å². The summed E-state index contributed by atoms with van der Waals surface area (Å²) in [5.41, 5.74) is 0.873. The number of benzene rings is 1. The Hall–Kier alpha value is -2.28. The summed E-state index contributed by atoms with van der Waals surface area (Å²) < 4.78 is 28.3. The molecule has 1 heterocycles. The molecule has 1 aromatic heterocycles. The Balaban J connectivity index is 2.23. The number of carbonyl (C=O) groups is 1. The highest BCUT2D eigenvalue weighted by atomic mass is 32.2. The molecule has 0 saturated heterocycles. The number of aromatic nitrogens is 1. The van der Waals surface area contributed by atoms with Crippen LogP contribution in [0.1, 0.15) is 5.56 Å². The first-order valence-electron chi connectivity index (χ1n) is 5.82. The van der Waals surface area contributed by atoms with Gasteiger partial charge in [0.25, 0.3) is 10.0 Å². The van der Waals surface area contributed by atoms with E-state index in [1.165, 1.54) is 18.3 Å². The van der Waals surface area contributed by atoms with Crippen LogP contribution in [0.4, 0.5) is 5.69 Å². The van der Waals surface area contributed by atoms with E-state index >= 15 is 0 Å². The van der Waals surface area contributed by atoms with Gasteiger partial charge in [0.1, 0.15) is 4.90 Å². The van der Waals surface area contributed by atoms with E-state index in [1.807, 2.05) is 0 Å². The van der Waals surface area contributed by atoms with Gasteiger partial charge >= 0.3 is 5.97 Å². The molecule has 0 aliphatic heterocycles. The summed E-state index contributed by atoms with van der Waals surface area (Å²) in [6.07, 6.45) is 2.97. The summed E-state index contributed by atoms with van der Waals surface area (Å²) in [4.78, 5) is 10.8. The summed E-state index contributed by atoms with van der Waals surface area (Å²) in [5, 5.41) is 8.73. The van der Waals surface area contributed by atoms with Crippen LogP contribution in [0, 0.1) is 0 Å². The molecule has 0 fully saturated rings. The standard InChI is InChI=1S/C13H14N2O4S/c1-15-6-5-12(9-15)20(18,19)14-11-4-2-3-10(7-11)8-13(16)17/h2-7,9,14H,8H2,1H3,(H,16,17). The molecule has 0 aliphatic rings. The highest BCUT2D eigenvalue weighted by molar-refractivity contribution is 7.92. The zero-order chi connectivity index (χ0) is 14.8. The minimum Gasteiger partial charge on any atom is -0.481 e. The first-order valence-corrected chi connectivity index (χ1v) is 7.31. The molecule has 0 unspecified atom stereocenters. The zero-order valence-electron chi connectivity index (χ0n) is 10.8. The maximum absolute atomic E-state index is 12.1. The molecule has 0 atom stereocenters. The maximum atomic E-state index is 12.1. The van der Waals surface area contributed by atoms with Crippen LogP contribution in [0.5, 0.6) is 0 Å². The predicted molar refractivity (Wildman–Crippen MR) is 74.0 cm³/mol. The van der Waals surface area contributed by atoms with E-state index < -0.39 is 16.0 Å². The fraction of sp³-hybridized carbons (Fsp3) is 0.154. The van der Waals surface area contributed by atoms with Crippen LogP contribution >= 0.6 is 0 Å². The number of carboxylic acids is 1. The summed E-state index contributed by atoms with van der Waals surface area (Å²) in [6, 6.07) is 7.82. The number of nitrogens with zero attached hydrogens (tertiary/aromatic N) is 1. The average Bonchev–Trinajstić information content (AvgIpc) is 2.75. The SMILES string of the molecule is Cn1ccc(S(=O)(=O)Nc2cccc(CC(=O)O)c2)c1. The van der Waals surface area contributed by atoms with Crippen molar-refractivity contribution in [3.8, 4) is 0 Å². The summed E-state index contributed by atoms with van der Waals surface area (Å²) in [5.74, 6) is -0.965.